The number of anilines is 2. The molecule has 0 unspecified atom stereocenters. The molecule has 112 valence electrons. The largest absolute Gasteiger partial charge is 0.324 e. The van der Waals surface area contributed by atoms with Crippen molar-refractivity contribution in [2.24, 2.45) is 0 Å². The number of nitrogens with one attached hydrogen (secondary N) is 1. The summed E-state index contributed by atoms with van der Waals surface area (Å²) >= 11 is 0. The zero-order chi connectivity index (χ0) is 15.2. The summed E-state index contributed by atoms with van der Waals surface area (Å²) in [5, 5.41) is 3.31. The van der Waals surface area contributed by atoms with Gasteiger partial charge in [-0.3, -0.25) is 0 Å². The lowest BCUT2D eigenvalue weighted by Crippen LogP contribution is -2.20. The summed E-state index contributed by atoms with van der Waals surface area (Å²) in [6.45, 7) is 8.42. The van der Waals surface area contributed by atoms with Gasteiger partial charge >= 0.3 is 0 Å². The Morgan fingerprint density at radius 3 is 2.62 bits per heavy atom. The lowest BCUT2D eigenvalue weighted by molar-refractivity contribution is 0.625. The highest BCUT2D eigenvalue weighted by Crippen LogP contribution is 2.27. The monoisotopic (exact) mass is 287 g/mol. The van der Waals surface area contributed by atoms with Crippen LogP contribution in [0.3, 0.4) is 0 Å². The molecule has 1 heterocycles. The van der Waals surface area contributed by atoms with Gasteiger partial charge in [0.15, 0.2) is 0 Å². The fraction of sp³-hybridized carbons (Fsp3) is 0.353. The molecule has 0 atom stereocenters. The predicted molar refractivity (Wildman–Crippen MR) is 85.4 cm³/mol. The SMILES string of the molecule is CCNCc1cc(C)nc(N(CC)c2ccccc2F)c1. The average Bonchev–Trinajstić information content (AvgIpc) is 2.47. The molecular weight excluding hydrogens is 265 g/mol. The third-order valence-corrected chi connectivity index (χ3v) is 3.31. The molecular formula is C17H22FN3. The van der Waals surface area contributed by atoms with E-state index in [2.05, 4.69) is 23.3 Å². The first-order valence-corrected chi connectivity index (χ1v) is 7.36. The maximum absolute atomic E-state index is 14.0. The van der Waals surface area contributed by atoms with Gasteiger partial charge in [0.05, 0.1) is 5.69 Å². The summed E-state index contributed by atoms with van der Waals surface area (Å²) in [7, 11) is 0. The van der Waals surface area contributed by atoms with Gasteiger partial charge in [-0.25, -0.2) is 9.37 Å². The summed E-state index contributed by atoms with van der Waals surface area (Å²) in [5.74, 6) is 0.561. The number of pyridine rings is 1. The van der Waals surface area contributed by atoms with Crippen molar-refractivity contribution in [1.82, 2.24) is 10.3 Å². The Kier molecular flexibility index (Phi) is 5.28. The predicted octanol–water partition coefficient (Wildman–Crippen LogP) is 3.80. The minimum atomic E-state index is -0.226. The lowest BCUT2D eigenvalue weighted by Gasteiger charge is -2.23. The normalized spacial score (nSPS) is 10.7. The Labute approximate surface area is 125 Å². The molecule has 0 saturated carbocycles. The van der Waals surface area contributed by atoms with Crippen LogP contribution in [0.15, 0.2) is 36.4 Å². The molecule has 0 bridgehead atoms. The Hall–Kier alpha value is -1.94. The molecule has 0 fully saturated rings. The van der Waals surface area contributed by atoms with Crippen molar-refractivity contribution < 1.29 is 4.39 Å². The van der Waals surface area contributed by atoms with Crippen LogP contribution in [0.1, 0.15) is 25.1 Å². The van der Waals surface area contributed by atoms with E-state index in [1.165, 1.54) is 6.07 Å². The highest BCUT2D eigenvalue weighted by molar-refractivity contribution is 5.61. The summed E-state index contributed by atoms with van der Waals surface area (Å²) in [5.41, 5.74) is 2.66. The number of aryl methyl sites for hydroxylation is 1. The number of benzene rings is 1. The molecule has 21 heavy (non-hydrogen) atoms. The van der Waals surface area contributed by atoms with Gasteiger partial charge in [0, 0.05) is 18.8 Å². The van der Waals surface area contributed by atoms with E-state index in [0.29, 0.717) is 12.2 Å². The molecule has 1 aromatic carbocycles. The standard InChI is InChI=1S/C17H22FN3/c1-4-19-12-14-10-13(3)20-17(11-14)21(5-2)16-9-7-6-8-15(16)18/h6-11,19H,4-5,12H2,1-3H3. The van der Waals surface area contributed by atoms with Crippen LogP contribution in [0.2, 0.25) is 0 Å². The van der Waals surface area contributed by atoms with Crippen LogP contribution < -0.4 is 10.2 Å². The molecule has 0 radical (unpaired) electrons. The second-order valence-electron chi connectivity index (χ2n) is 4.95. The maximum atomic E-state index is 14.0. The quantitative estimate of drug-likeness (QED) is 0.876. The van der Waals surface area contributed by atoms with Crippen LogP contribution in [0.5, 0.6) is 0 Å². The van der Waals surface area contributed by atoms with E-state index in [4.69, 9.17) is 0 Å². The van der Waals surface area contributed by atoms with Crippen molar-refractivity contribution in [2.45, 2.75) is 27.3 Å². The van der Waals surface area contributed by atoms with Crippen LogP contribution in [-0.2, 0) is 6.54 Å². The van der Waals surface area contributed by atoms with Crippen LogP contribution >= 0.6 is 0 Å². The van der Waals surface area contributed by atoms with Gasteiger partial charge in [0.2, 0.25) is 0 Å². The molecule has 1 N–H and O–H groups in total. The van der Waals surface area contributed by atoms with Crippen molar-refractivity contribution in [3.05, 3.63) is 53.5 Å². The van der Waals surface area contributed by atoms with E-state index in [9.17, 15) is 4.39 Å². The molecule has 0 aliphatic carbocycles. The number of nitrogens with zero attached hydrogens (tertiary/aromatic N) is 2. The zero-order valence-electron chi connectivity index (χ0n) is 12.9. The van der Waals surface area contributed by atoms with E-state index in [1.54, 1.807) is 12.1 Å². The van der Waals surface area contributed by atoms with Crippen molar-refractivity contribution >= 4 is 11.5 Å². The van der Waals surface area contributed by atoms with Gasteiger partial charge in [-0.1, -0.05) is 19.1 Å². The summed E-state index contributed by atoms with van der Waals surface area (Å²) in [6.07, 6.45) is 0. The number of halogens is 1. The molecule has 0 aliphatic rings. The molecule has 2 aromatic rings. The summed E-state index contributed by atoms with van der Waals surface area (Å²) in [4.78, 5) is 6.46. The van der Waals surface area contributed by atoms with Gasteiger partial charge in [-0.2, -0.15) is 0 Å². The van der Waals surface area contributed by atoms with Gasteiger partial charge in [-0.15, -0.1) is 0 Å². The first-order valence-electron chi connectivity index (χ1n) is 7.36. The van der Waals surface area contributed by atoms with Crippen LogP contribution in [-0.4, -0.2) is 18.1 Å². The van der Waals surface area contributed by atoms with Gasteiger partial charge in [0.1, 0.15) is 11.6 Å². The lowest BCUT2D eigenvalue weighted by atomic mass is 10.2. The molecule has 3 nitrogen and oxygen atoms in total. The fourth-order valence-corrected chi connectivity index (χ4v) is 2.36. The van der Waals surface area contributed by atoms with Crippen LogP contribution in [0.25, 0.3) is 0 Å². The van der Waals surface area contributed by atoms with E-state index in [0.717, 1.165) is 30.2 Å². The minimum absolute atomic E-state index is 0.226. The number of rotatable bonds is 6. The molecule has 0 aliphatic heterocycles. The molecule has 0 saturated heterocycles. The van der Waals surface area contributed by atoms with E-state index in [-0.39, 0.29) is 5.82 Å². The van der Waals surface area contributed by atoms with Crippen molar-refractivity contribution in [3.63, 3.8) is 0 Å². The van der Waals surface area contributed by atoms with Gasteiger partial charge < -0.3 is 10.2 Å². The maximum Gasteiger partial charge on any atom is 0.146 e. The Bertz CT molecular complexity index is 598. The van der Waals surface area contributed by atoms with E-state index >= 15 is 0 Å². The highest BCUT2D eigenvalue weighted by Gasteiger charge is 2.13. The van der Waals surface area contributed by atoms with Gasteiger partial charge in [-0.05, 0) is 50.2 Å². The zero-order valence-corrected chi connectivity index (χ0v) is 12.9. The Balaban J connectivity index is 2.38. The van der Waals surface area contributed by atoms with Crippen molar-refractivity contribution in [1.29, 1.82) is 0 Å². The molecule has 2 rings (SSSR count). The summed E-state index contributed by atoms with van der Waals surface area (Å²) in [6, 6.07) is 10.9. The van der Waals surface area contributed by atoms with E-state index < -0.39 is 0 Å². The molecule has 1 aromatic heterocycles. The second kappa shape index (κ2) is 7.18. The average molecular weight is 287 g/mol. The third-order valence-electron chi connectivity index (χ3n) is 3.31. The van der Waals surface area contributed by atoms with Crippen LogP contribution in [0, 0.1) is 12.7 Å². The van der Waals surface area contributed by atoms with Crippen LogP contribution in [0.4, 0.5) is 15.9 Å². The Morgan fingerprint density at radius 2 is 1.95 bits per heavy atom. The second-order valence-corrected chi connectivity index (χ2v) is 4.95. The number of hydrogen-bond donors (Lipinski definition) is 1. The van der Waals surface area contributed by atoms with E-state index in [1.807, 2.05) is 30.9 Å². The smallest absolute Gasteiger partial charge is 0.146 e. The number of aromatic nitrogens is 1. The number of hydrogen-bond acceptors (Lipinski definition) is 3. The first-order chi connectivity index (χ1) is 10.2. The Morgan fingerprint density at radius 1 is 1.19 bits per heavy atom. The highest BCUT2D eigenvalue weighted by atomic mass is 19.1. The molecule has 0 amide bonds. The summed E-state index contributed by atoms with van der Waals surface area (Å²) < 4.78 is 14.0. The first kappa shape index (κ1) is 15.4. The minimum Gasteiger partial charge on any atom is -0.324 e. The van der Waals surface area contributed by atoms with Gasteiger partial charge in [0.25, 0.3) is 0 Å². The number of para-hydroxylation sites is 1. The topological polar surface area (TPSA) is 28.2 Å². The fourth-order valence-electron chi connectivity index (χ4n) is 2.36. The third kappa shape index (κ3) is 3.79. The van der Waals surface area contributed by atoms with Crippen molar-refractivity contribution in [3.8, 4) is 0 Å². The molecule has 4 heteroatoms. The molecule has 0 spiro atoms. The van der Waals surface area contributed by atoms with Crippen molar-refractivity contribution in [2.75, 3.05) is 18.0 Å².